The molecule has 0 radical (unpaired) electrons. The van der Waals surface area contributed by atoms with E-state index in [4.69, 9.17) is 21.2 Å². The molecule has 10 aromatic rings. The fraction of sp³-hybridized carbons (Fsp3) is 0.133. The van der Waals surface area contributed by atoms with Crippen LogP contribution in [0.5, 0.6) is 11.5 Å². The topological polar surface area (TPSA) is 577 Å². The summed E-state index contributed by atoms with van der Waals surface area (Å²) in [7, 11) is -31.7. The standard InChI is InChI=1S/C60H52N16O22S6/c61-75(59-65-55(63-57(67-59)73-17-21-97-22-18-73)43-31-41(99(79,80)81)25-35-27-47(103(91,92)93)51(53(77)49(35)43)71-69-37-7-3-1-4-8-37)39-15-13-33(45(29-39)101(85,86)87)11-12-34-14-16-40(30-46(34)102(88,89)90)76(62)60-66-56(64-58(68-60)74-19-23-98-24-20-74)44-32-42(100(82,83)84)26-36-28-48(104(94,95)96)52(54(78)50(36)44)72-70-38-9-5-2-6-10-38/h1-16,25-32,77-78H,17-24,61-62H2,(H,79,80,81)(H,82,83,84)(H,85,86,87)(H,88,89,90)(H,91,92,93)(H,94,95,96). The van der Waals surface area contributed by atoms with Gasteiger partial charge in [-0.25, -0.2) is 21.7 Å². The normalized spacial score (nSPS) is 14.5. The Labute approximate surface area is 589 Å². The molecule has 2 aliphatic rings. The summed E-state index contributed by atoms with van der Waals surface area (Å²) in [5.74, 6) is 8.73. The summed E-state index contributed by atoms with van der Waals surface area (Å²) in [4.78, 5) is 24.4. The summed E-state index contributed by atoms with van der Waals surface area (Å²) >= 11 is 0. The SMILES string of the molecule is NN(c1ccc(C=Cc2ccc(N(N)c3nc(-c4cc(S(=O)(=O)O)cc5cc(S(=O)(=O)O)c(N=Nc6ccccc6)c(O)c45)nc(N4CCOCC4)n3)cc2S(=O)(=O)O)c(S(=O)(=O)O)c1)c1nc(-c2cc(S(=O)(=O)O)cc3cc(S(=O)(=O)O)c(N=Nc4ccccc4)c(O)c23)nc(N2CCOCC2)n1. The lowest BCUT2D eigenvalue weighted by molar-refractivity contribution is 0.122. The molecule has 44 heteroatoms. The molecule has 104 heavy (non-hydrogen) atoms. The number of nitrogens with two attached hydrogens (primary N) is 2. The number of azo groups is 2. The van der Waals surface area contributed by atoms with Crippen molar-refractivity contribution in [2.45, 2.75) is 29.4 Å². The number of benzene rings is 8. The van der Waals surface area contributed by atoms with Gasteiger partial charge in [-0.1, -0.05) is 60.7 Å². The van der Waals surface area contributed by atoms with Gasteiger partial charge in [0.15, 0.2) is 23.1 Å². The third-order valence-electron chi connectivity index (χ3n) is 15.7. The van der Waals surface area contributed by atoms with E-state index < -0.39 is 169 Å². The molecule has 0 spiro atoms. The Morgan fingerprint density at radius 3 is 1.08 bits per heavy atom. The molecule has 8 aromatic carbocycles. The third-order valence-corrected chi connectivity index (χ3v) is 20.9. The van der Waals surface area contributed by atoms with Crippen molar-refractivity contribution < 1.29 is 97.5 Å². The number of aromatic nitrogens is 6. The van der Waals surface area contributed by atoms with Gasteiger partial charge in [-0.3, -0.25) is 27.3 Å². The summed E-state index contributed by atoms with van der Waals surface area (Å²) in [6.45, 7) is 0.975. The van der Waals surface area contributed by atoms with Crippen LogP contribution in [-0.4, -0.2) is 171 Å². The maximum atomic E-state index is 13.4. The highest BCUT2D eigenvalue weighted by Gasteiger charge is 2.32. The first kappa shape index (κ1) is 73.1. The number of morpholine rings is 2. The lowest BCUT2D eigenvalue weighted by Gasteiger charge is -2.28. The first-order valence-electron chi connectivity index (χ1n) is 29.7. The van der Waals surface area contributed by atoms with Crippen molar-refractivity contribution in [1.29, 1.82) is 0 Å². The van der Waals surface area contributed by atoms with Gasteiger partial charge in [-0.2, -0.15) is 90.6 Å². The van der Waals surface area contributed by atoms with Crippen LogP contribution in [-0.2, 0) is 70.2 Å². The van der Waals surface area contributed by atoms with E-state index in [1.165, 1.54) is 36.4 Å². The number of phenolic OH excluding ortho intramolecular Hbond substituents is 2. The largest absolute Gasteiger partial charge is 0.505 e. The fourth-order valence-corrected chi connectivity index (χ4v) is 14.6. The zero-order chi connectivity index (χ0) is 74.6. The van der Waals surface area contributed by atoms with Crippen LogP contribution < -0.4 is 31.5 Å². The maximum absolute atomic E-state index is 13.4. The Bertz CT molecular complexity index is 5620. The molecular weight excluding hydrogens is 1490 g/mol. The molecule has 38 nitrogen and oxygen atoms in total. The first-order valence-corrected chi connectivity index (χ1v) is 38.3. The molecule has 2 fully saturated rings. The Balaban J connectivity index is 0.938. The Kier molecular flexibility index (Phi) is 19.8. The van der Waals surface area contributed by atoms with Crippen LogP contribution in [0.2, 0.25) is 0 Å². The van der Waals surface area contributed by atoms with E-state index in [9.17, 15) is 88.0 Å². The highest BCUT2D eigenvalue weighted by molar-refractivity contribution is 7.87. The van der Waals surface area contributed by atoms with E-state index in [1.807, 2.05) is 0 Å². The number of hydrogen-bond acceptors (Lipinski definition) is 32. The molecular formula is C60H52N16O22S6. The van der Waals surface area contributed by atoms with Crippen LogP contribution in [0.4, 0.5) is 57.9 Å². The van der Waals surface area contributed by atoms with Crippen LogP contribution in [0.3, 0.4) is 0 Å². The van der Waals surface area contributed by atoms with Crippen LogP contribution in [0.15, 0.2) is 183 Å². The quantitative estimate of drug-likeness (QED) is 0.0118. The summed E-state index contributed by atoms with van der Waals surface area (Å²) in [6.07, 6.45) is 2.02. The van der Waals surface area contributed by atoms with Gasteiger partial charge in [0.2, 0.25) is 23.8 Å². The smallest absolute Gasteiger partial charge is 0.296 e. The second-order valence-electron chi connectivity index (χ2n) is 22.4. The molecule has 4 heterocycles. The molecule has 2 aliphatic heterocycles. The lowest BCUT2D eigenvalue weighted by Crippen LogP contribution is -2.38. The zero-order valence-corrected chi connectivity index (χ0v) is 57.6. The Morgan fingerprint density at radius 2 is 0.750 bits per heavy atom. The van der Waals surface area contributed by atoms with Crippen LogP contribution >= 0.6 is 0 Å². The third kappa shape index (κ3) is 15.6. The van der Waals surface area contributed by atoms with E-state index in [1.54, 1.807) is 46.2 Å². The van der Waals surface area contributed by atoms with Gasteiger partial charge in [0, 0.05) is 48.1 Å². The highest BCUT2D eigenvalue weighted by atomic mass is 32.2. The lowest BCUT2D eigenvalue weighted by atomic mass is 10.0. The molecule has 0 amide bonds. The van der Waals surface area contributed by atoms with Crippen molar-refractivity contribution in [3.63, 3.8) is 0 Å². The number of nitrogens with zero attached hydrogens (tertiary/aromatic N) is 14. The number of fused-ring (bicyclic) bond motifs is 2. The van der Waals surface area contributed by atoms with Gasteiger partial charge < -0.3 is 29.5 Å². The molecule has 0 atom stereocenters. The highest BCUT2D eigenvalue weighted by Crippen LogP contribution is 2.48. The van der Waals surface area contributed by atoms with Crippen LogP contribution in [0.1, 0.15) is 11.1 Å². The van der Waals surface area contributed by atoms with Gasteiger partial charge in [0.05, 0.1) is 59.0 Å². The average Bonchev–Trinajstić information content (AvgIpc) is 0.743. The van der Waals surface area contributed by atoms with Crippen LogP contribution in [0.25, 0.3) is 56.5 Å². The molecule has 2 saturated heterocycles. The van der Waals surface area contributed by atoms with Gasteiger partial charge >= 0.3 is 0 Å². The summed E-state index contributed by atoms with van der Waals surface area (Å²) in [6, 6.07) is 26.3. The maximum Gasteiger partial charge on any atom is 0.296 e. The van der Waals surface area contributed by atoms with Gasteiger partial charge in [-0.05, 0) is 107 Å². The zero-order valence-electron chi connectivity index (χ0n) is 52.7. The molecule has 540 valence electrons. The van der Waals surface area contributed by atoms with Gasteiger partial charge in [0.25, 0.3) is 60.7 Å². The molecule has 12 N–H and O–H groups in total. The van der Waals surface area contributed by atoms with E-state index >= 15 is 0 Å². The molecule has 2 aromatic heterocycles. The number of rotatable bonds is 20. The van der Waals surface area contributed by atoms with E-state index in [0.29, 0.717) is 10.0 Å². The van der Waals surface area contributed by atoms with Crippen LogP contribution in [0, 0.1) is 0 Å². The second-order valence-corrected chi connectivity index (χ2v) is 30.8. The summed E-state index contributed by atoms with van der Waals surface area (Å²) < 4.78 is 231. The van der Waals surface area contributed by atoms with Crippen molar-refractivity contribution in [2.24, 2.45) is 32.1 Å². The average molecular weight is 1540 g/mol. The van der Waals surface area contributed by atoms with Crippen molar-refractivity contribution in [3.8, 4) is 34.3 Å². The Hall–Kier alpha value is -10.7. The molecule has 0 unspecified atom stereocenters. The number of phenols is 2. The molecule has 12 rings (SSSR count). The second kappa shape index (κ2) is 28.2. The molecule has 0 bridgehead atoms. The summed E-state index contributed by atoms with van der Waals surface area (Å²) in [5, 5.41) is 39.5. The minimum Gasteiger partial charge on any atom is -0.505 e. The van der Waals surface area contributed by atoms with Crippen molar-refractivity contribution in [3.05, 3.63) is 145 Å². The number of anilines is 6. The van der Waals surface area contributed by atoms with Gasteiger partial charge in [-0.15, -0.1) is 10.2 Å². The number of aromatic hydroxyl groups is 2. The van der Waals surface area contributed by atoms with E-state index in [-0.39, 0.29) is 98.4 Å². The van der Waals surface area contributed by atoms with Crippen molar-refractivity contribution in [2.75, 3.05) is 72.4 Å². The predicted molar refractivity (Wildman–Crippen MR) is 370 cm³/mol. The molecule has 0 aliphatic carbocycles. The fourth-order valence-electron chi connectivity index (χ4n) is 10.8. The van der Waals surface area contributed by atoms with E-state index in [2.05, 4.69) is 50.4 Å². The van der Waals surface area contributed by atoms with Crippen molar-refractivity contribution in [1.82, 2.24) is 29.9 Å². The summed E-state index contributed by atoms with van der Waals surface area (Å²) in [5.41, 5.74) is -3.62. The monoisotopic (exact) mass is 1540 g/mol. The van der Waals surface area contributed by atoms with E-state index in [0.717, 1.165) is 72.8 Å². The minimum absolute atomic E-state index is 0.119. The van der Waals surface area contributed by atoms with Crippen molar-refractivity contribution >= 4 is 152 Å². The Morgan fingerprint density at radius 1 is 0.404 bits per heavy atom. The van der Waals surface area contributed by atoms with Gasteiger partial charge in [0.1, 0.15) is 31.0 Å². The number of hydrazine groups is 2. The predicted octanol–water partition coefficient (Wildman–Crippen LogP) is 7.29. The molecule has 0 saturated carbocycles. The first-order chi connectivity index (χ1) is 49.0. The minimum atomic E-state index is -5.33. The number of ether oxygens (including phenoxy) is 2. The number of hydrogen-bond donors (Lipinski definition) is 10.